The van der Waals surface area contributed by atoms with E-state index in [1.165, 1.54) is 0 Å². The number of benzene rings is 1. The summed E-state index contributed by atoms with van der Waals surface area (Å²) in [6.45, 7) is 5.06. The number of pyridine rings is 1. The minimum atomic E-state index is -0.319. The number of hydrogen-bond donors (Lipinski definition) is 1. The van der Waals surface area contributed by atoms with Crippen LogP contribution in [0.3, 0.4) is 0 Å². The van der Waals surface area contributed by atoms with Crippen molar-refractivity contribution in [3.63, 3.8) is 0 Å². The zero-order valence-electron chi connectivity index (χ0n) is 13.5. The van der Waals surface area contributed by atoms with Crippen molar-refractivity contribution in [2.45, 2.75) is 13.1 Å². The Bertz CT molecular complexity index is 704. The van der Waals surface area contributed by atoms with Crippen LogP contribution in [-0.2, 0) is 13.1 Å². The van der Waals surface area contributed by atoms with E-state index in [2.05, 4.69) is 16.8 Å². The Hall–Kier alpha value is -2.11. The number of aromatic hydroxyl groups is 1. The normalized spacial score (nSPS) is 16.6. The highest BCUT2D eigenvalue weighted by atomic mass is 16.3. The zero-order chi connectivity index (χ0) is 16.2. The molecule has 0 unspecified atom stereocenters. The van der Waals surface area contributed by atoms with E-state index in [4.69, 9.17) is 0 Å². The molecule has 122 valence electrons. The van der Waals surface area contributed by atoms with Crippen LogP contribution in [0, 0.1) is 0 Å². The van der Waals surface area contributed by atoms with Crippen LogP contribution < -0.4 is 5.56 Å². The molecule has 2 heterocycles. The molecule has 1 aromatic heterocycles. The van der Waals surface area contributed by atoms with E-state index in [1.54, 1.807) is 10.8 Å². The monoisotopic (exact) mass is 313 g/mol. The first-order valence-corrected chi connectivity index (χ1v) is 7.99. The molecular formula is C18H23N3O2. The summed E-state index contributed by atoms with van der Waals surface area (Å²) in [6.07, 6.45) is 1.78. The highest BCUT2D eigenvalue weighted by Crippen LogP contribution is 2.15. The van der Waals surface area contributed by atoms with E-state index in [0.29, 0.717) is 18.7 Å². The minimum absolute atomic E-state index is 0.123. The Morgan fingerprint density at radius 3 is 2.39 bits per heavy atom. The lowest BCUT2D eigenvalue weighted by Gasteiger charge is -2.32. The summed E-state index contributed by atoms with van der Waals surface area (Å²) in [5.74, 6) is -0.123. The van der Waals surface area contributed by atoms with Crippen molar-refractivity contribution >= 4 is 0 Å². The largest absolute Gasteiger partial charge is 0.503 e. The van der Waals surface area contributed by atoms with E-state index in [9.17, 15) is 9.90 Å². The van der Waals surface area contributed by atoms with Gasteiger partial charge in [0, 0.05) is 44.5 Å². The van der Waals surface area contributed by atoms with Gasteiger partial charge in [0.05, 0.1) is 6.54 Å². The Morgan fingerprint density at radius 1 is 1.00 bits per heavy atom. The molecule has 1 saturated heterocycles. The second-order valence-corrected chi connectivity index (χ2v) is 6.19. The van der Waals surface area contributed by atoms with Crippen molar-refractivity contribution in [3.05, 3.63) is 64.1 Å². The van der Waals surface area contributed by atoms with Gasteiger partial charge in [-0.2, -0.15) is 0 Å². The van der Waals surface area contributed by atoms with Crippen LogP contribution in [-0.4, -0.2) is 52.7 Å². The first-order chi connectivity index (χ1) is 11.1. The van der Waals surface area contributed by atoms with E-state index < -0.39 is 0 Å². The van der Waals surface area contributed by atoms with Gasteiger partial charge in [-0.3, -0.25) is 9.69 Å². The van der Waals surface area contributed by atoms with Gasteiger partial charge in [-0.15, -0.1) is 0 Å². The summed E-state index contributed by atoms with van der Waals surface area (Å²) in [6, 6.07) is 11.6. The molecule has 5 heteroatoms. The van der Waals surface area contributed by atoms with Gasteiger partial charge in [0.15, 0.2) is 5.75 Å². The number of aromatic nitrogens is 1. The molecular weight excluding hydrogens is 290 g/mol. The summed E-state index contributed by atoms with van der Waals surface area (Å²) in [5.41, 5.74) is 1.44. The smallest absolute Gasteiger partial charge is 0.293 e. The molecule has 0 amide bonds. The average molecular weight is 313 g/mol. The molecule has 2 aromatic rings. The van der Waals surface area contributed by atoms with Crippen LogP contribution in [0.15, 0.2) is 47.4 Å². The van der Waals surface area contributed by atoms with Crippen molar-refractivity contribution in [2.75, 3.05) is 33.2 Å². The number of nitrogens with zero attached hydrogens (tertiary/aromatic N) is 3. The van der Waals surface area contributed by atoms with Crippen LogP contribution in [0.2, 0.25) is 0 Å². The van der Waals surface area contributed by atoms with Crippen molar-refractivity contribution in [3.8, 4) is 5.75 Å². The van der Waals surface area contributed by atoms with Crippen molar-refractivity contribution < 1.29 is 5.11 Å². The Morgan fingerprint density at radius 2 is 1.70 bits per heavy atom. The molecule has 5 nitrogen and oxygen atoms in total. The second-order valence-electron chi connectivity index (χ2n) is 6.19. The predicted octanol–water partition coefficient (Wildman–Crippen LogP) is 1.35. The van der Waals surface area contributed by atoms with Crippen LogP contribution in [0.25, 0.3) is 0 Å². The number of piperazine rings is 1. The lowest BCUT2D eigenvalue weighted by Crippen LogP contribution is -2.44. The quantitative estimate of drug-likeness (QED) is 0.926. The molecule has 0 atom stereocenters. The maximum Gasteiger partial charge on any atom is 0.293 e. The van der Waals surface area contributed by atoms with Gasteiger partial charge in [0.25, 0.3) is 5.56 Å². The fraction of sp³-hybridized carbons (Fsp3) is 0.389. The Labute approximate surface area is 136 Å². The van der Waals surface area contributed by atoms with Gasteiger partial charge in [0.2, 0.25) is 0 Å². The topological polar surface area (TPSA) is 48.7 Å². The molecule has 1 aromatic carbocycles. The number of likely N-dealkylation sites (N-methyl/N-ethyl adjacent to an activating group) is 1. The van der Waals surface area contributed by atoms with Gasteiger partial charge in [-0.25, -0.2) is 0 Å². The molecule has 0 bridgehead atoms. The van der Waals surface area contributed by atoms with Gasteiger partial charge in [-0.1, -0.05) is 30.3 Å². The van der Waals surface area contributed by atoms with Crippen molar-refractivity contribution in [1.29, 1.82) is 0 Å². The van der Waals surface area contributed by atoms with Gasteiger partial charge >= 0.3 is 0 Å². The fourth-order valence-corrected chi connectivity index (χ4v) is 2.88. The van der Waals surface area contributed by atoms with Gasteiger partial charge in [0.1, 0.15) is 0 Å². The predicted molar refractivity (Wildman–Crippen MR) is 90.7 cm³/mol. The lowest BCUT2D eigenvalue weighted by molar-refractivity contribution is 0.147. The van der Waals surface area contributed by atoms with E-state index >= 15 is 0 Å². The molecule has 0 saturated carbocycles. The highest BCUT2D eigenvalue weighted by Gasteiger charge is 2.17. The second kappa shape index (κ2) is 6.98. The number of hydrogen-bond acceptors (Lipinski definition) is 4. The Kier molecular flexibility index (Phi) is 4.79. The molecule has 3 rings (SSSR count). The summed E-state index contributed by atoms with van der Waals surface area (Å²) >= 11 is 0. The molecule has 0 radical (unpaired) electrons. The van der Waals surface area contributed by atoms with Crippen molar-refractivity contribution in [1.82, 2.24) is 14.4 Å². The van der Waals surface area contributed by atoms with E-state index in [-0.39, 0.29) is 11.3 Å². The average Bonchev–Trinajstić information content (AvgIpc) is 2.57. The third-order valence-electron chi connectivity index (χ3n) is 4.41. The lowest BCUT2D eigenvalue weighted by atomic mass is 10.2. The van der Waals surface area contributed by atoms with Gasteiger partial charge in [-0.05, 0) is 18.7 Å². The first kappa shape index (κ1) is 15.8. The summed E-state index contributed by atoms with van der Waals surface area (Å²) in [5, 5.41) is 10.3. The minimum Gasteiger partial charge on any atom is -0.503 e. The number of rotatable bonds is 4. The van der Waals surface area contributed by atoms with Crippen LogP contribution in [0.1, 0.15) is 11.1 Å². The summed E-state index contributed by atoms with van der Waals surface area (Å²) in [7, 11) is 2.11. The molecule has 0 aliphatic carbocycles. The molecule has 23 heavy (non-hydrogen) atoms. The molecule has 0 spiro atoms. The van der Waals surface area contributed by atoms with E-state index in [1.807, 2.05) is 36.4 Å². The first-order valence-electron chi connectivity index (χ1n) is 7.99. The Balaban J connectivity index is 1.74. The summed E-state index contributed by atoms with van der Waals surface area (Å²) in [4.78, 5) is 16.9. The third-order valence-corrected chi connectivity index (χ3v) is 4.41. The van der Waals surface area contributed by atoms with E-state index in [0.717, 1.165) is 31.7 Å². The summed E-state index contributed by atoms with van der Waals surface area (Å²) < 4.78 is 1.55. The standard InChI is InChI=1S/C18H23N3O2/c1-19-9-11-20(12-10-19)14-16-7-8-21(18(23)17(16)22)13-15-5-3-2-4-6-15/h2-8,22H,9-14H2,1H3. The highest BCUT2D eigenvalue weighted by molar-refractivity contribution is 5.29. The third kappa shape index (κ3) is 3.81. The molecule has 1 fully saturated rings. The van der Waals surface area contributed by atoms with Gasteiger partial charge < -0.3 is 14.6 Å². The van der Waals surface area contributed by atoms with Crippen molar-refractivity contribution in [2.24, 2.45) is 0 Å². The van der Waals surface area contributed by atoms with Crippen LogP contribution in [0.5, 0.6) is 5.75 Å². The molecule has 1 N–H and O–H groups in total. The maximum absolute atomic E-state index is 12.4. The molecule has 1 aliphatic heterocycles. The zero-order valence-corrected chi connectivity index (χ0v) is 13.5. The van der Waals surface area contributed by atoms with Crippen LogP contribution in [0.4, 0.5) is 0 Å². The maximum atomic E-state index is 12.4. The fourth-order valence-electron chi connectivity index (χ4n) is 2.88. The molecule has 1 aliphatic rings. The SMILES string of the molecule is CN1CCN(Cc2ccn(Cc3ccccc3)c(=O)c2O)CC1. The van der Waals surface area contributed by atoms with Crippen LogP contribution >= 0.6 is 0 Å².